The summed E-state index contributed by atoms with van der Waals surface area (Å²) in [5, 5.41) is 9.44. The second kappa shape index (κ2) is 8.76. The summed E-state index contributed by atoms with van der Waals surface area (Å²) in [4.78, 5) is 14.0. The molecule has 4 nitrogen and oxygen atoms in total. The lowest BCUT2D eigenvalue weighted by Crippen LogP contribution is -2.34. The summed E-state index contributed by atoms with van der Waals surface area (Å²) in [6, 6.07) is 16.1. The van der Waals surface area contributed by atoms with E-state index in [0.29, 0.717) is 29.4 Å². The van der Waals surface area contributed by atoms with Gasteiger partial charge in [0.1, 0.15) is 5.75 Å². The molecule has 0 radical (unpaired) electrons. The third kappa shape index (κ3) is 5.15. The molecule has 0 aliphatic rings. The van der Waals surface area contributed by atoms with Crippen molar-refractivity contribution < 1.29 is 9.53 Å². The highest BCUT2D eigenvalue weighted by molar-refractivity contribution is 6.30. The van der Waals surface area contributed by atoms with Gasteiger partial charge >= 0.3 is 0 Å². The molecule has 0 saturated heterocycles. The van der Waals surface area contributed by atoms with Crippen molar-refractivity contribution in [1.29, 1.82) is 5.26 Å². The van der Waals surface area contributed by atoms with E-state index in [1.165, 1.54) is 0 Å². The molecular formula is C19H17ClN2O2. The van der Waals surface area contributed by atoms with E-state index in [9.17, 15) is 4.79 Å². The number of ether oxygens (including phenoxy) is 1. The number of hydrogen-bond donors (Lipinski definition) is 0. The highest BCUT2D eigenvalue weighted by Crippen LogP contribution is 2.16. The first kappa shape index (κ1) is 17.6. The third-order valence-electron chi connectivity index (χ3n) is 3.33. The minimum atomic E-state index is -0.144. The average molecular weight is 341 g/mol. The molecule has 0 aliphatic heterocycles. The monoisotopic (exact) mass is 340 g/mol. The van der Waals surface area contributed by atoms with Gasteiger partial charge in [0.15, 0.2) is 6.61 Å². The van der Waals surface area contributed by atoms with Crippen molar-refractivity contribution in [2.75, 3.05) is 13.2 Å². The second-order valence-electron chi connectivity index (χ2n) is 5.11. The van der Waals surface area contributed by atoms with Crippen molar-refractivity contribution in [3.63, 3.8) is 0 Å². The molecule has 0 unspecified atom stereocenters. The van der Waals surface area contributed by atoms with Gasteiger partial charge in [-0.3, -0.25) is 4.79 Å². The predicted molar refractivity (Wildman–Crippen MR) is 93.7 cm³/mol. The van der Waals surface area contributed by atoms with Crippen LogP contribution in [0.3, 0.4) is 0 Å². The molecule has 2 aromatic rings. The molecule has 0 aliphatic carbocycles. The Hall–Kier alpha value is -2.77. The van der Waals surface area contributed by atoms with Crippen LogP contribution in [-0.2, 0) is 11.3 Å². The van der Waals surface area contributed by atoms with E-state index in [1.54, 1.807) is 47.4 Å². The Labute approximate surface area is 146 Å². The Morgan fingerprint density at radius 1 is 1.21 bits per heavy atom. The molecule has 0 N–H and O–H groups in total. The van der Waals surface area contributed by atoms with Crippen molar-refractivity contribution >= 4 is 17.5 Å². The van der Waals surface area contributed by atoms with Crippen LogP contribution in [0, 0.1) is 11.3 Å². The number of rotatable bonds is 7. The number of nitrogens with zero attached hydrogens (tertiary/aromatic N) is 2. The number of halogens is 1. The van der Waals surface area contributed by atoms with Gasteiger partial charge < -0.3 is 9.64 Å². The van der Waals surface area contributed by atoms with E-state index in [2.05, 4.69) is 12.6 Å². The second-order valence-corrected chi connectivity index (χ2v) is 5.55. The molecule has 0 bridgehead atoms. The molecule has 0 atom stereocenters. The summed E-state index contributed by atoms with van der Waals surface area (Å²) < 4.78 is 5.50. The smallest absolute Gasteiger partial charge is 0.261 e. The fraction of sp³-hybridized carbons (Fsp3) is 0.158. The first-order chi connectivity index (χ1) is 11.6. The summed E-state index contributed by atoms with van der Waals surface area (Å²) in [5.41, 5.74) is 1.53. The minimum absolute atomic E-state index is 0.0637. The van der Waals surface area contributed by atoms with E-state index in [0.717, 1.165) is 5.56 Å². The summed E-state index contributed by atoms with van der Waals surface area (Å²) in [6.07, 6.45) is 1.67. The molecule has 0 aromatic heterocycles. The number of benzene rings is 2. The molecule has 0 fully saturated rings. The Balaban J connectivity index is 1.97. The zero-order chi connectivity index (χ0) is 17.4. The van der Waals surface area contributed by atoms with E-state index >= 15 is 0 Å². The van der Waals surface area contributed by atoms with Gasteiger partial charge in [-0.25, -0.2) is 0 Å². The largest absolute Gasteiger partial charge is 0.484 e. The fourth-order valence-electron chi connectivity index (χ4n) is 2.08. The lowest BCUT2D eigenvalue weighted by Gasteiger charge is -2.21. The molecule has 24 heavy (non-hydrogen) atoms. The maximum Gasteiger partial charge on any atom is 0.261 e. The topological polar surface area (TPSA) is 53.3 Å². The Kier molecular flexibility index (Phi) is 6.41. The van der Waals surface area contributed by atoms with Crippen LogP contribution in [0.1, 0.15) is 11.1 Å². The molecule has 0 heterocycles. The van der Waals surface area contributed by atoms with Crippen LogP contribution >= 0.6 is 11.6 Å². The maximum absolute atomic E-state index is 12.4. The highest BCUT2D eigenvalue weighted by Gasteiger charge is 2.13. The van der Waals surface area contributed by atoms with Crippen molar-refractivity contribution in [1.82, 2.24) is 4.90 Å². The lowest BCUT2D eigenvalue weighted by molar-refractivity contribution is -0.133. The van der Waals surface area contributed by atoms with Crippen LogP contribution in [0.4, 0.5) is 0 Å². The number of nitriles is 1. The average Bonchev–Trinajstić information content (AvgIpc) is 2.61. The van der Waals surface area contributed by atoms with Gasteiger partial charge in [-0.1, -0.05) is 29.8 Å². The molecule has 0 saturated carbocycles. The minimum Gasteiger partial charge on any atom is -0.484 e. The Bertz CT molecular complexity index is 733. The molecular weight excluding hydrogens is 324 g/mol. The molecule has 0 spiro atoms. The number of carbonyl (C=O) groups excluding carboxylic acids is 1. The summed E-state index contributed by atoms with van der Waals surface area (Å²) >= 11 is 5.82. The van der Waals surface area contributed by atoms with Gasteiger partial charge in [-0.05, 0) is 42.0 Å². The summed E-state index contributed by atoms with van der Waals surface area (Å²) in [7, 11) is 0. The standard InChI is InChI=1S/C19H17ClN2O2/c1-2-11-22(13-16-5-3-15(12-21)4-6-16)19(23)14-24-18-9-7-17(20)8-10-18/h2-10H,1,11,13-14H2. The molecule has 122 valence electrons. The predicted octanol–water partition coefficient (Wildman–Crippen LogP) is 3.81. The van der Waals surface area contributed by atoms with Gasteiger partial charge in [0.05, 0.1) is 11.6 Å². The summed E-state index contributed by atoms with van der Waals surface area (Å²) in [5.74, 6) is 0.443. The van der Waals surface area contributed by atoms with E-state index in [4.69, 9.17) is 21.6 Å². The van der Waals surface area contributed by atoms with Crippen LogP contribution in [0.15, 0.2) is 61.2 Å². The number of hydrogen-bond acceptors (Lipinski definition) is 3. The van der Waals surface area contributed by atoms with Crippen LogP contribution in [0.2, 0.25) is 5.02 Å². The molecule has 2 rings (SSSR count). The van der Waals surface area contributed by atoms with Gasteiger partial charge in [0.25, 0.3) is 5.91 Å². The van der Waals surface area contributed by atoms with Crippen LogP contribution in [0.25, 0.3) is 0 Å². The van der Waals surface area contributed by atoms with Gasteiger partial charge in [0, 0.05) is 18.1 Å². The van der Waals surface area contributed by atoms with Crippen LogP contribution in [-0.4, -0.2) is 24.0 Å². The van der Waals surface area contributed by atoms with E-state index in [-0.39, 0.29) is 12.5 Å². The molecule has 1 amide bonds. The zero-order valence-corrected chi connectivity index (χ0v) is 13.9. The number of carbonyl (C=O) groups is 1. The number of amides is 1. The van der Waals surface area contributed by atoms with Crippen molar-refractivity contribution in [3.8, 4) is 11.8 Å². The third-order valence-corrected chi connectivity index (χ3v) is 3.59. The Morgan fingerprint density at radius 3 is 2.46 bits per heavy atom. The molecule has 5 heteroatoms. The van der Waals surface area contributed by atoms with E-state index < -0.39 is 0 Å². The first-order valence-corrected chi connectivity index (χ1v) is 7.76. The quantitative estimate of drug-likeness (QED) is 0.720. The van der Waals surface area contributed by atoms with Crippen molar-refractivity contribution in [2.45, 2.75) is 6.54 Å². The van der Waals surface area contributed by atoms with E-state index in [1.807, 2.05) is 12.1 Å². The maximum atomic E-state index is 12.4. The van der Waals surface area contributed by atoms with Gasteiger partial charge in [-0.15, -0.1) is 6.58 Å². The van der Waals surface area contributed by atoms with Crippen LogP contribution < -0.4 is 4.74 Å². The fourth-order valence-corrected chi connectivity index (χ4v) is 2.21. The van der Waals surface area contributed by atoms with Gasteiger partial charge in [0.2, 0.25) is 0 Å². The normalized spacial score (nSPS) is 9.83. The SMILES string of the molecule is C=CCN(Cc1ccc(C#N)cc1)C(=O)COc1ccc(Cl)cc1. The van der Waals surface area contributed by atoms with Crippen LogP contribution in [0.5, 0.6) is 5.75 Å². The Morgan fingerprint density at radius 2 is 1.88 bits per heavy atom. The highest BCUT2D eigenvalue weighted by atomic mass is 35.5. The summed E-state index contributed by atoms with van der Waals surface area (Å²) in [6.45, 7) is 4.47. The van der Waals surface area contributed by atoms with Crippen molar-refractivity contribution in [3.05, 3.63) is 77.3 Å². The van der Waals surface area contributed by atoms with Crippen molar-refractivity contribution in [2.24, 2.45) is 0 Å². The zero-order valence-electron chi connectivity index (χ0n) is 13.1. The molecule has 2 aromatic carbocycles. The van der Waals surface area contributed by atoms with Gasteiger partial charge in [-0.2, -0.15) is 5.26 Å². The lowest BCUT2D eigenvalue weighted by atomic mass is 10.1. The first-order valence-electron chi connectivity index (χ1n) is 7.38.